The van der Waals surface area contributed by atoms with E-state index in [1.165, 1.54) is 10.9 Å². The van der Waals surface area contributed by atoms with Gasteiger partial charge in [0, 0.05) is 18.5 Å². The summed E-state index contributed by atoms with van der Waals surface area (Å²) in [5.41, 5.74) is 8.11. The van der Waals surface area contributed by atoms with Crippen LogP contribution in [0, 0.1) is 0 Å². The summed E-state index contributed by atoms with van der Waals surface area (Å²) in [6.07, 6.45) is 1.94. The molecule has 0 saturated heterocycles. The van der Waals surface area contributed by atoms with Crippen LogP contribution >= 0.6 is 0 Å². The number of fused-ring (bicyclic) bond motifs is 1. The Morgan fingerprint density at radius 1 is 1.40 bits per heavy atom. The van der Waals surface area contributed by atoms with Crippen molar-refractivity contribution in [3.05, 3.63) is 30.0 Å². The van der Waals surface area contributed by atoms with E-state index >= 15 is 0 Å². The molecule has 0 fully saturated rings. The lowest BCUT2D eigenvalue weighted by atomic mass is 10.1. The highest BCUT2D eigenvalue weighted by Crippen LogP contribution is 2.18. The predicted molar refractivity (Wildman–Crippen MR) is 62.7 cm³/mol. The van der Waals surface area contributed by atoms with Gasteiger partial charge in [-0.2, -0.15) is 5.10 Å². The SMILES string of the molecule is CC(N)CCc1nn(C)c2ccccc12. The molecule has 0 aliphatic heterocycles. The first-order valence-electron chi connectivity index (χ1n) is 5.34. The monoisotopic (exact) mass is 203 g/mol. The molecule has 1 aromatic heterocycles. The van der Waals surface area contributed by atoms with Gasteiger partial charge in [0.05, 0.1) is 11.2 Å². The first kappa shape index (κ1) is 10.2. The fourth-order valence-electron chi connectivity index (χ4n) is 1.84. The van der Waals surface area contributed by atoms with Crippen molar-refractivity contribution in [1.29, 1.82) is 0 Å². The van der Waals surface area contributed by atoms with Gasteiger partial charge < -0.3 is 5.73 Å². The van der Waals surface area contributed by atoms with Crippen molar-refractivity contribution >= 4 is 10.9 Å². The van der Waals surface area contributed by atoms with Crippen LogP contribution in [0.1, 0.15) is 19.0 Å². The molecule has 0 aliphatic rings. The number of rotatable bonds is 3. The van der Waals surface area contributed by atoms with Gasteiger partial charge >= 0.3 is 0 Å². The van der Waals surface area contributed by atoms with Crippen molar-refractivity contribution in [2.75, 3.05) is 0 Å². The minimum Gasteiger partial charge on any atom is -0.328 e. The smallest absolute Gasteiger partial charge is 0.0703 e. The molecule has 0 spiro atoms. The molecular weight excluding hydrogens is 186 g/mol. The highest BCUT2D eigenvalue weighted by Gasteiger charge is 2.07. The van der Waals surface area contributed by atoms with Crippen molar-refractivity contribution in [3.63, 3.8) is 0 Å². The average Bonchev–Trinajstić information content (AvgIpc) is 2.54. The fraction of sp³-hybridized carbons (Fsp3) is 0.417. The van der Waals surface area contributed by atoms with Crippen LogP contribution in [0.2, 0.25) is 0 Å². The lowest BCUT2D eigenvalue weighted by Gasteiger charge is -2.01. The van der Waals surface area contributed by atoms with Crippen LogP contribution in [-0.2, 0) is 13.5 Å². The van der Waals surface area contributed by atoms with Crippen molar-refractivity contribution < 1.29 is 0 Å². The molecule has 2 aromatic rings. The van der Waals surface area contributed by atoms with E-state index in [1.807, 2.05) is 24.7 Å². The van der Waals surface area contributed by atoms with Gasteiger partial charge in [-0.05, 0) is 25.8 Å². The Morgan fingerprint density at radius 2 is 2.13 bits per heavy atom. The highest BCUT2D eigenvalue weighted by atomic mass is 15.3. The molecule has 2 N–H and O–H groups in total. The first-order chi connectivity index (χ1) is 7.18. The standard InChI is InChI=1S/C12H17N3/c1-9(13)7-8-11-10-5-3-4-6-12(10)15(2)14-11/h3-6,9H,7-8,13H2,1-2H3. The zero-order chi connectivity index (χ0) is 10.8. The second-order valence-electron chi connectivity index (χ2n) is 4.10. The van der Waals surface area contributed by atoms with Gasteiger partial charge in [-0.1, -0.05) is 18.2 Å². The molecule has 0 aliphatic carbocycles. The number of nitrogens with two attached hydrogens (primary N) is 1. The summed E-state index contributed by atoms with van der Waals surface area (Å²) >= 11 is 0. The third kappa shape index (κ3) is 2.02. The second kappa shape index (κ2) is 4.03. The van der Waals surface area contributed by atoms with Crippen molar-refractivity contribution in [3.8, 4) is 0 Å². The largest absolute Gasteiger partial charge is 0.328 e. The lowest BCUT2D eigenvalue weighted by Crippen LogP contribution is -2.15. The molecule has 80 valence electrons. The number of benzene rings is 1. The quantitative estimate of drug-likeness (QED) is 0.827. The molecule has 0 radical (unpaired) electrons. The van der Waals surface area contributed by atoms with Gasteiger partial charge in [-0.15, -0.1) is 0 Å². The summed E-state index contributed by atoms with van der Waals surface area (Å²) in [5, 5.41) is 5.77. The van der Waals surface area contributed by atoms with E-state index in [1.54, 1.807) is 0 Å². The highest BCUT2D eigenvalue weighted by molar-refractivity contribution is 5.81. The number of para-hydroxylation sites is 1. The van der Waals surface area contributed by atoms with Crippen LogP contribution in [0.25, 0.3) is 10.9 Å². The minimum atomic E-state index is 0.241. The predicted octanol–water partition coefficient (Wildman–Crippen LogP) is 1.85. The molecule has 1 atom stereocenters. The number of aryl methyl sites for hydroxylation is 2. The molecule has 1 aromatic carbocycles. The van der Waals surface area contributed by atoms with E-state index in [0.29, 0.717) is 0 Å². The van der Waals surface area contributed by atoms with E-state index < -0.39 is 0 Å². The molecule has 15 heavy (non-hydrogen) atoms. The number of nitrogens with zero attached hydrogens (tertiary/aromatic N) is 2. The Balaban J connectivity index is 2.35. The maximum atomic E-state index is 5.76. The molecule has 1 unspecified atom stereocenters. The summed E-state index contributed by atoms with van der Waals surface area (Å²) in [5.74, 6) is 0. The molecular formula is C12H17N3. The zero-order valence-corrected chi connectivity index (χ0v) is 9.27. The van der Waals surface area contributed by atoms with Gasteiger partial charge in [0.2, 0.25) is 0 Å². The van der Waals surface area contributed by atoms with E-state index in [0.717, 1.165) is 18.5 Å². The third-order valence-corrected chi connectivity index (χ3v) is 2.67. The molecule has 0 saturated carbocycles. The van der Waals surface area contributed by atoms with Gasteiger partial charge in [-0.25, -0.2) is 0 Å². The topological polar surface area (TPSA) is 43.8 Å². The van der Waals surface area contributed by atoms with Crippen molar-refractivity contribution in [2.45, 2.75) is 25.8 Å². The molecule has 3 heteroatoms. The Morgan fingerprint density at radius 3 is 2.87 bits per heavy atom. The molecule has 0 amide bonds. The Kier molecular flexibility index (Phi) is 2.73. The van der Waals surface area contributed by atoms with Crippen LogP contribution < -0.4 is 5.73 Å². The molecule has 1 heterocycles. The number of hydrogen-bond acceptors (Lipinski definition) is 2. The van der Waals surface area contributed by atoms with E-state index in [-0.39, 0.29) is 6.04 Å². The molecule has 3 nitrogen and oxygen atoms in total. The van der Waals surface area contributed by atoms with Gasteiger partial charge in [-0.3, -0.25) is 4.68 Å². The number of aromatic nitrogens is 2. The summed E-state index contributed by atoms with van der Waals surface area (Å²) in [6.45, 7) is 2.03. The lowest BCUT2D eigenvalue weighted by molar-refractivity contribution is 0.648. The van der Waals surface area contributed by atoms with Crippen molar-refractivity contribution in [2.24, 2.45) is 12.8 Å². The van der Waals surface area contributed by atoms with E-state index in [2.05, 4.69) is 23.3 Å². The normalized spacial score (nSPS) is 13.3. The average molecular weight is 203 g/mol. The van der Waals surface area contributed by atoms with E-state index in [4.69, 9.17) is 5.73 Å². The van der Waals surface area contributed by atoms with Crippen molar-refractivity contribution in [1.82, 2.24) is 9.78 Å². The summed E-state index contributed by atoms with van der Waals surface area (Å²) < 4.78 is 1.94. The Labute approximate surface area is 89.9 Å². The van der Waals surface area contributed by atoms with Gasteiger partial charge in [0.25, 0.3) is 0 Å². The van der Waals surface area contributed by atoms with Crippen LogP contribution in [0.3, 0.4) is 0 Å². The van der Waals surface area contributed by atoms with Crippen LogP contribution in [0.5, 0.6) is 0 Å². The van der Waals surface area contributed by atoms with Gasteiger partial charge in [0.1, 0.15) is 0 Å². The van der Waals surface area contributed by atoms with E-state index in [9.17, 15) is 0 Å². The first-order valence-corrected chi connectivity index (χ1v) is 5.34. The van der Waals surface area contributed by atoms with Crippen LogP contribution in [0.15, 0.2) is 24.3 Å². The second-order valence-corrected chi connectivity index (χ2v) is 4.10. The maximum Gasteiger partial charge on any atom is 0.0703 e. The summed E-state index contributed by atoms with van der Waals surface area (Å²) in [6, 6.07) is 8.56. The summed E-state index contributed by atoms with van der Waals surface area (Å²) in [4.78, 5) is 0. The summed E-state index contributed by atoms with van der Waals surface area (Å²) in [7, 11) is 1.98. The number of hydrogen-bond donors (Lipinski definition) is 1. The maximum absolute atomic E-state index is 5.76. The fourth-order valence-corrected chi connectivity index (χ4v) is 1.84. The van der Waals surface area contributed by atoms with Gasteiger partial charge in [0.15, 0.2) is 0 Å². The minimum absolute atomic E-state index is 0.241. The Bertz CT molecular complexity index is 457. The third-order valence-electron chi connectivity index (χ3n) is 2.67. The van der Waals surface area contributed by atoms with Crippen LogP contribution in [-0.4, -0.2) is 15.8 Å². The Hall–Kier alpha value is -1.35. The molecule has 0 bridgehead atoms. The van der Waals surface area contributed by atoms with Crippen LogP contribution in [0.4, 0.5) is 0 Å². The molecule has 2 rings (SSSR count). The zero-order valence-electron chi connectivity index (χ0n) is 9.27.